The lowest BCUT2D eigenvalue weighted by Gasteiger charge is -2.22. The van der Waals surface area contributed by atoms with E-state index in [0.717, 1.165) is 45.1 Å². The first kappa shape index (κ1) is 23.2. The fraction of sp³-hybridized carbons (Fsp3) is 0.650. The molecular weight excluding hydrogens is 441 g/mol. The van der Waals surface area contributed by atoms with Gasteiger partial charge in [-0.15, -0.1) is 24.0 Å². The third-order valence-corrected chi connectivity index (χ3v) is 4.09. The van der Waals surface area contributed by atoms with E-state index in [-0.39, 0.29) is 24.0 Å². The summed E-state index contributed by atoms with van der Waals surface area (Å²) in [6.45, 7) is 11.2. The highest BCUT2D eigenvalue weighted by Crippen LogP contribution is 2.14. The standard InChI is InChI=1S/C20H33N3O2.HI/c1-4-21-20(22-13-16(2)3)23-14-17-6-5-7-18(12-17)15-25-19-8-10-24-11-9-19;/h5-7,12,16,19H,4,8-11,13-15H2,1-3H3,(H2,21,22,23);1H. The normalized spacial score (nSPS) is 15.6. The van der Waals surface area contributed by atoms with E-state index >= 15 is 0 Å². The van der Waals surface area contributed by atoms with Gasteiger partial charge in [0.1, 0.15) is 0 Å². The molecule has 26 heavy (non-hydrogen) atoms. The summed E-state index contributed by atoms with van der Waals surface area (Å²) in [4.78, 5) is 4.68. The van der Waals surface area contributed by atoms with Gasteiger partial charge in [-0.25, -0.2) is 4.99 Å². The molecule has 0 atom stereocenters. The minimum absolute atomic E-state index is 0. The molecule has 0 unspecified atom stereocenters. The fourth-order valence-electron chi connectivity index (χ4n) is 2.69. The summed E-state index contributed by atoms with van der Waals surface area (Å²) < 4.78 is 11.4. The largest absolute Gasteiger partial charge is 0.381 e. The molecule has 148 valence electrons. The Kier molecular flexibility index (Phi) is 11.9. The molecule has 2 rings (SSSR count). The molecule has 1 saturated heterocycles. The lowest BCUT2D eigenvalue weighted by Crippen LogP contribution is -2.39. The third-order valence-electron chi connectivity index (χ3n) is 4.09. The molecule has 1 aliphatic heterocycles. The molecule has 6 heteroatoms. The van der Waals surface area contributed by atoms with Crippen LogP contribution in [0.2, 0.25) is 0 Å². The van der Waals surface area contributed by atoms with E-state index in [1.807, 2.05) is 0 Å². The molecule has 0 spiro atoms. The number of rotatable bonds is 8. The highest BCUT2D eigenvalue weighted by molar-refractivity contribution is 14.0. The van der Waals surface area contributed by atoms with Gasteiger partial charge in [0.15, 0.2) is 5.96 Å². The van der Waals surface area contributed by atoms with Crippen LogP contribution in [-0.2, 0) is 22.6 Å². The Labute approximate surface area is 175 Å². The van der Waals surface area contributed by atoms with Gasteiger partial charge >= 0.3 is 0 Å². The number of aliphatic imine (C=N–C) groups is 1. The number of ether oxygens (including phenoxy) is 2. The van der Waals surface area contributed by atoms with E-state index in [0.29, 0.717) is 25.2 Å². The Bertz CT molecular complexity index is 532. The van der Waals surface area contributed by atoms with Crippen LogP contribution in [0.3, 0.4) is 0 Å². The van der Waals surface area contributed by atoms with Crippen LogP contribution in [0, 0.1) is 5.92 Å². The summed E-state index contributed by atoms with van der Waals surface area (Å²) in [6, 6.07) is 8.51. The van der Waals surface area contributed by atoms with Crippen molar-refractivity contribution in [3.05, 3.63) is 35.4 Å². The average molecular weight is 475 g/mol. The molecule has 0 aliphatic carbocycles. The zero-order chi connectivity index (χ0) is 17.9. The molecule has 1 heterocycles. The third kappa shape index (κ3) is 9.19. The second-order valence-corrected chi connectivity index (χ2v) is 6.91. The fourth-order valence-corrected chi connectivity index (χ4v) is 2.69. The second kappa shape index (κ2) is 13.3. The average Bonchev–Trinajstić information content (AvgIpc) is 2.63. The molecule has 0 aromatic heterocycles. The van der Waals surface area contributed by atoms with Crippen LogP contribution >= 0.6 is 24.0 Å². The SMILES string of the molecule is CCNC(=NCc1cccc(COC2CCOCC2)c1)NCC(C)C.I. The van der Waals surface area contributed by atoms with Crippen molar-refractivity contribution in [3.8, 4) is 0 Å². The minimum Gasteiger partial charge on any atom is -0.381 e. The second-order valence-electron chi connectivity index (χ2n) is 6.91. The van der Waals surface area contributed by atoms with Gasteiger partial charge in [-0.3, -0.25) is 0 Å². The summed E-state index contributed by atoms with van der Waals surface area (Å²) in [5.41, 5.74) is 2.41. The van der Waals surface area contributed by atoms with Crippen molar-refractivity contribution in [2.24, 2.45) is 10.9 Å². The molecule has 0 saturated carbocycles. The van der Waals surface area contributed by atoms with Gasteiger partial charge in [0, 0.05) is 26.3 Å². The maximum absolute atomic E-state index is 6.01. The molecule has 0 amide bonds. The zero-order valence-corrected chi connectivity index (χ0v) is 18.6. The topological polar surface area (TPSA) is 54.9 Å². The molecule has 1 fully saturated rings. The van der Waals surface area contributed by atoms with Crippen LogP contribution in [-0.4, -0.2) is 38.4 Å². The summed E-state index contributed by atoms with van der Waals surface area (Å²) >= 11 is 0. The number of hydrogen-bond acceptors (Lipinski definition) is 3. The van der Waals surface area contributed by atoms with Crippen molar-refractivity contribution in [1.82, 2.24) is 10.6 Å². The number of hydrogen-bond donors (Lipinski definition) is 2. The Balaban J connectivity index is 0.00000338. The van der Waals surface area contributed by atoms with Gasteiger partial charge < -0.3 is 20.1 Å². The Morgan fingerprint density at radius 3 is 2.65 bits per heavy atom. The maximum Gasteiger partial charge on any atom is 0.191 e. The number of nitrogens with zero attached hydrogens (tertiary/aromatic N) is 1. The molecule has 0 bridgehead atoms. The Morgan fingerprint density at radius 2 is 1.96 bits per heavy atom. The Hall–Kier alpha value is -0.860. The van der Waals surface area contributed by atoms with Crippen LogP contribution in [0.1, 0.15) is 44.7 Å². The number of halogens is 1. The first-order valence-electron chi connectivity index (χ1n) is 9.46. The highest BCUT2D eigenvalue weighted by atomic mass is 127. The van der Waals surface area contributed by atoms with Crippen molar-refractivity contribution >= 4 is 29.9 Å². The molecule has 2 N–H and O–H groups in total. The summed E-state index contributed by atoms with van der Waals surface area (Å²) in [7, 11) is 0. The van der Waals surface area contributed by atoms with E-state index in [4.69, 9.17) is 9.47 Å². The van der Waals surface area contributed by atoms with Gasteiger partial charge in [0.25, 0.3) is 0 Å². The van der Waals surface area contributed by atoms with Crippen LogP contribution in [0.25, 0.3) is 0 Å². The number of guanidine groups is 1. The van der Waals surface area contributed by atoms with Gasteiger partial charge in [-0.1, -0.05) is 38.1 Å². The van der Waals surface area contributed by atoms with Crippen molar-refractivity contribution in [1.29, 1.82) is 0 Å². The molecule has 5 nitrogen and oxygen atoms in total. The molecule has 1 aromatic rings. The minimum atomic E-state index is 0. The van der Waals surface area contributed by atoms with Crippen molar-refractivity contribution in [2.45, 2.75) is 52.9 Å². The molecule has 0 radical (unpaired) electrons. The van der Waals surface area contributed by atoms with Crippen LogP contribution < -0.4 is 10.6 Å². The first-order chi connectivity index (χ1) is 12.2. The van der Waals surface area contributed by atoms with Crippen molar-refractivity contribution in [2.75, 3.05) is 26.3 Å². The first-order valence-corrected chi connectivity index (χ1v) is 9.46. The summed E-state index contributed by atoms with van der Waals surface area (Å²) in [6.07, 6.45) is 2.32. The van der Waals surface area contributed by atoms with Crippen LogP contribution in [0.15, 0.2) is 29.3 Å². The lowest BCUT2D eigenvalue weighted by atomic mass is 10.1. The van der Waals surface area contributed by atoms with E-state index in [1.54, 1.807) is 0 Å². The van der Waals surface area contributed by atoms with E-state index < -0.39 is 0 Å². The van der Waals surface area contributed by atoms with E-state index in [9.17, 15) is 0 Å². The zero-order valence-electron chi connectivity index (χ0n) is 16.3. The van der Waals surface area contributed by atoms with Crippen LogP contribution in [0.5, 0.6) is 0 Å². The van der Waals surface area contributed by atoms with Crippen molar-refractivity contribution in [3.63, 3.8) is 0 Å². The van der Waals surface area contributed by atoms with E-state index in [1.165, 1.54) is 11.1 Å². The highest BCUT2D eigenvalue weighted by Gasteiger charge is 2.14. The molecule has 1 aliphatic rings. The van der Waals surface area contributed by atoms with Gasteiger partial charge in [-0.05, 0) is 36.8 Å². The van der Waals surface area contributed by atoms with Gasteiger partial charge in [0.05, 0.1) is 19.3 Å². The lowest BCUT2D eigenvalue weighted by molar-refractivity contribution is -0.0390. The van der Waals surface area contributed by atoms with E-state index in [2.05, 4.69) is 60.7 Å². The number of benzene rings is 1. The van der Waals surface area contributed by atoms with Gasteiger partial charge in [-0.2, -0.15) is 0 Å². The maximum atomic E-state index is 6.01. The summed E-state index contributed by atoms with van der Waals surface area (Å²) in [5.74, 6) is 1.47. The number of nitrogens with one attached hydrogen (secondary N) is 2. The predicted octanol–water partition coefficient (Wildman–Crippen LogP) is 3.71. The summed E-state index contributed by atoms with van der Waals surface area (Å²) in [5, 5.41) is 6.67. The quantitative estimate of drug-likeness (QED) is 0.342. The Morgan fingerprint density at radius 1 is 1.23 bits per heavy atom. The molecular formula is C20H34IN3O2. The van der Waals surface area contributed by atoms with Crippen molar-refractivity contribution < 1.29 is 9.47 Å². The van der Waals surface area contributed by atoms with Crippen LogP contribution in [0.4, 0.5) is 0 Å². The van der Waals surface area contributed by atoms with Gasteiger partial charge in [0.2, 0.25) is 0 Å². The monoisotopic (exact) mass is 475 g/mol. The predicted molar refractivity (Wildman–Crippen MR) is 118 cm³/mol. The molecule has 1 aromatic carbocycles. The smallest absolute Gasteiger partial charge is 0.191 e.